The molecule has 0 amide bonds. The molecule has 0 aliphatic heterocycles. The van der Waals surface area contributed by atoms with Crippen LogP contribution in [0, 0.1) is 0 Å². The molecule has 2 rings (SSSR count). The third-order valence-corrected chi connectivity index (χ3v) is 7.41. The van der Waals surface area contributed by atoms with Crippen molar-refractivity contribution in [2.75, 3.05) is 0 Å². The van der Waals surface area contributed by atoms with Crippen LogP contribution in [0.15, 0.2) is 60.7 Å². The molecule has 0 saturated heterocycles. The second-order valence-corrected chi connectivity index (χ2v) is 11.5. The molecule has 0 fully saturated rings. The first-order valence-corrected chi connectivity index (χ1v) is 17.4. The topological polar surface area (TPSA) is 105 Å². The van der Waals surface area contributed by atoms with E-state index in [1.807, 2.05) is 0 Å². The fourth-order valence-electron chi connectivity index (χ4n) is 4.66. The summed E-state index contributed by atoms with van der Waals surface area (Å²) in [5.74, 6) is -2.27. The summed E-state index contributed by atoms with van der Waals surface area (Å²) in [6.45, 7) is 4.46. The Hall–Kier alpha value is -3.68. The molecular weight excluding hydrogens is 584 g/mol. The summed E-state index contributed by atoms with van der Waals surface area (Å²) >= 11 is 0. The van der Waals surface area contributed by atoms with E-state index in [9.17, 15) is 19.2 Å². The molecule has 8 heteroatoms. The van der Waals surface area contributed by atoms with E-state index >= 15 is 0 Å². The Kier molecular flexibility index (Phi) is 25.2. The standard InChI is InChI=1S/C24H46O4.C14H10O4/c1-3-5-7-9-11-13-15-17-19-21-23(25)27-28-24(26)22-20-18-16-14-12-10-8-6-4-2;15-13(11-7-3-1-4-8-11)17-18-14(16)12-9-5-2-6-10-12/h3-22H2,1-2H3;1-10H. The van der Waals surface area contributed by atoms with Crippen LogP contribution < -0.4 is 0 Å². The van der Waals surface area contributed by atoms with Crippen molar-refractivity contribution in [3.63, 3.8) is 0 Å². The molecule has 2 aromatic carbocycles. The van der Waals surface area contributed by atoms with Gasteiger partial charge in [0.05, 0.1) is 24.0 Å². The molecule has 256 valence electrons. The summed E-state index contributed by atoms with van der Waals surface area (Å²) < 4.78 is 0. The van der Waals surface area contributed by atoms with E-state index in [4.69, 9.17) is 0 Å². The molecule has 46 heavy (non-hydrogen) atoms. The van der Waals surface area contributed by atoms with Gasteiger partial charge in [0.25, 0.3) is 0 Å². The highest BCUT2D eigenvalue weighted by Gasteiger charge is 2.13. The van der Waals surface area contributed by atoms with Gasteiger partial charge >= 0.3 is 23.9 Å². The largest absolute Gasteiger partial charge is 0.386 e. The van der Waals surface area contributed by atoms with Gasteiger partial charge in [-0.05, 0) is 37.1 Å². The van der Waals surface area contributed by atoms with E-state index in [1.165, 1.54) is 77.0 Å². The van der Waals surface area contributed by atoms with Gasteiger partial charge in [-0.1, -0.05) is 153 Å². The normalized spacial score (nSPS) is 10.3. The average Bonchev–Trinajstić information content (AvgIpc) is 3.09. The zero-order chi connectivity index (χ0) is 33.5. The molecule has 2 aromatic rings. The van der Waals surface area contributed by atoms with Crippen LogP contribution in [0.1, 0.15) is 163 Å². The summed E-state index contributed by atoms with van der Waals surface area (Å²) in [7, 11) is 0. The summed E-state index contributed by atoms with van der Waals surface area (Å²) in [4.78, 5) is 64.3. The van der Waals surface area contributed by atoms with Crippen molar-refractivity contribution in [3.8, 4) is 0 Å². The minimum atomic E-state index is -0.708. The lowest BCUT2D eigenvalue weighted by Gasteiger charge is -2.04. The Morgan fingerprint density at radius 1 is 0.391 bits per heavy atom. The lowest BCUT2D eigenvalue weighted by molar-refractivity contribution is -0.259. The van der Waals surface area contributed by atoms with Gasteiger partial charge < -0.3 is 0 Å². The van der Waals surface area contributed by atoms with E-state index in [0.717, 1.165) is 38.5 Å². The number of rotatable bonds is 22. The maximum Gasteiger partial charge on any atom is 0.386 e. The van der Waals surface area contributed by atoms with E-state index in [0.29, 0.717) is 24.0 Å². The van der Waals surface area contributed by atoms with Crippen molar-refractivity contribution in [2.24, 2.45) is 0 Å². The highest BCUT2D eigenvalue weighted by Crippen LogP contribution is 2.13. The molecule has 0 N–H and O–H groups in total. The van der Waals surface area contributed by atoms with E-state index < -0.39 is 23.9 Å². The lowest BCUT2D eigenvalue weighted by atomic mass is 10.1. The molecular formula is C38H56O8. The highest BCUT2D eigenvalue weighted by molar-refractivity contribution is 5.92. The van der Waals surface area contributed by atoms with Gasteiger partial charge in [0.1, 0.15) is 0 Å². The first kappa shape index (κ1) is 40.3. The zero-order valence-corrected chi connectivity index (χ0v) is 28.2. The molecule has 0 bridgehead atoms. The molecule has 0 unspecified atom stereocenters. The zero-order valence-electron chi connectivity index (χ0n) is 28.2. The van der Waals surface area contributed by atoms with Crippen LogP contribution in [0.25, 0.3) is 0 Å². The molecule has 0 heterocycles. The fourth-order valence-corrected chi connectivity index (χ4v) is 4.66. The third-order valence-electron chi connectivity index (χ3n) is 7.41. The summed E-state index contributed by atoms with van der Waals surface area (Å²) in [5.41, 5.74) is 0.636. The molecule has 0 spiro atoms. The van der Waals surface area contributed by atoms with Crippen LogP contribution in [0.3, 0.4) is 0 Å². The third kappa shape index (κ3) is 22.8. The summed E-state index contributed by atoms with van der Waals surface area (Å²) in [6, 6.07) is 16.6. The van der Waals surface area contributed by atoms with E-state index in [1.54, 1.807) is 60.7 Å². The van der Waals surface area contributed by atoms with Crippen LogP contribution >= 0.6 is 0 Å². The molecule has 0 saturated carbocycles. The number of carbonyl (C=O) groups is 4. The SMILES string of the molecule is CCCCCCCCCCCC(=O)OOC(=O)CCCCCCCCCCC.O=C(OOC(=O)c1ccccc1)c1ccccc1. The van der Waals surface area contributed by atoms with Crippen LogP contribution in [0.4, 0.5) is 0 Å². The van der Waals surface area contributed by atoms with E-state index in [2.05, 4.69) is 33.4 Å². The highest BCUT2D eigenvalue weighted by atomic mass is 17.2. The quantitative estimate of drug-likeness (QED) is 0.0711. The van der Waals surface area contributed by atoms with Crippen LogP contribution in [-0.4, -0.2) is 23.9 Å². The Balaban J connectivity index is 0.000000501. The van der Waals surface area contributed by atoms with Crippen LogP contribution in [-0.2, 0) is 29.1 Å². The molecule has 8 nitrogen and oxygen atoms in total. The van der Waals surface area contributed by atoms with Crippen LogP contribution in [0.5, 0.6) is 0 Å². The van der Waals surface area contributed by atoms with Gasteiger partial charge in [-0.3, -0.25) is 0 Å². The van der Waals surface area contributed by atoms with Crippen molar-refractivity contribution >= 4 is 23.9 Å². The fraction of sp³-hybridized carbons (Fsp3) is 0.579. The Morgan fingerprint density at radius 3 is 0.978 bits per heavy atom. The molecule has 0 aliphatic carbocycles. The minimum absolute atomic E-state index is 0.318. The summed E-state index contributed by atoms with van der Waals surface area (Å²) in [6.07, 6.45) is 22.3. The van der Waals surface area contributed by atoms with Crippen LogP contribution in [0.2, 0.25) is 0 Å². The van der Waals surface area contributed by atoms with Crippen molar-refractivity contribution in [2.45, 2.75) is 142 Å². The molecule has 0 atom stereocenters. The van der Waals surface area contributed by atoms with Crippen molar-refractivity contribution < 1.29 is 38.7 Å². The van der Waals surface area contributed by atoms with Crippen molar-refractivity contribution in [3.05, 3.63) is 71.8 Å². The van der Waals surface area contributed by atoms with Gasteiger partial charge in [0, 0.05) is 0 Å². The summed E-state index contributed by atoms with van der Waals surface area (Å²) in [5, 5.41) is 0. The number of hydrogen-bond donors (Lipinski definition) is 0. The molecule has 0 radical (unpaired) electrons. The Bertz CT molecular complexity index is 969. The number of carbonyl (C=O) groups excluding carboxylic acids is 4. The predicted octanol–water partition coefficient (Wildman–Crippen LogP) is 10.4. The molecule has 0 aliphatic rings. The first-order valence-electron chi connectivity index (χ1n) is 17.4. The minimum Gasteiger partial charge on any atom is -0.247 e. The molecule has 0 aromatic heterocycles. The van der Waals surface area contributed by atoms with Gasteiger partial charge in [-0.25, -0.2) is 38.7 Å². The Morgan fingerprint density at radius 2 is 0.674 bits per heavy atom. The van der Waals surface area contributed by atoms with E-state index in [-0.39, 0.29) is 0 Å². The number of hydrogen-bond acceptors (Lipinski definition) is 8. The van der Waals surface area contributed by atoms with Gasteiger partial charge in [-0.2, -0.15) is 0 Å². The Labute approximate surface area is 276 Å². The monoisotopic (exact) mass is 640 g/mol. The van der Waals surface area contributed by atoms with Gasteiger partial charge in [0.15, 0.2) is 0 Å². The predicted molar refractivity (Wildman–Crippen MR) is 180 cm³/mol. The smallest absolute Gasteiger partial charge is 0.247 e. The van der Waals surface area contributed by atoms with Gasteiger partial charge in [0.2, 0.25) is 0 Å². The lowest BCUT2D eigenvalue weighted by Crippen LogP contribution is -2.11. The van der Waals surface area contributed by atoms with Gasteiger partial charge in [-0.15, -0.1) is 0 Å². The maximum atomic E-state index is 11.6. The first-order chi connectivity index (χ1) is 22.5. The number of unbranched alkanes of at least 4 members (excludes halogenated alkanes) is 16. The van der Waals surface area contributed by atoms with Crippen molar-refractivity contribution in [1.29, 1.82) is 0 Å². The average molecular weight is 641 g/mol. The number of benzene rings is 2. The van der Waals surface area contributed by atoms with Crippen molar-refractivity contribution in [1.82, 2.24) is 0 Å². The second-order valence-electron chi connectivity index (χ2n) is 11.5. The maximum absolute atomic E-state index is 11.6. The second kappa shape index (κ2) is 28.8.